The first-order valence-electron chi connectivity index (χ1n) is 6.04. The summed E-state index contributed by atoms with van der Waals surface area (Å²) in [6.07, 6.45) is 1.69. The van der Waals surface area contributed by atoms with Crippen LogP contribution in [-0.4, -0.2) is 0 Å². The Morgan fingerprint density at radius 2 is 1.37 bits per heavy atom. The average molecular weight is 364 g/mol. The van der Waals surface area contributed by atoms with Gasteiger partial charge in [-0.05, 0) is 18.1 Å². The van der Waals surface area contributed by atoms with Gasteiger partial charge in [0.15, 0.2) is 0 Å². The summed E-state index contributed by atoms with van der Waals surface area (Å²) >= 11 is 0. The lowest BCUT2D eigenvalue weighted by atomic mass is 10.0. The maximum atomic E-state index is 6.00. The number of hydrogen-bond donors (Lipinski definition) is 0. The van der Waals surface area contributed by atoms with Crippen LogP contribution in [0.3, 0.4) is 0 Å². The van der Waals surface area contributed by atoms with Gasteiger partial charge in [0.05, 0.1) is 0 Å². The summed E-state index contributed by atoms with van der Waals surface area (Å²) in [7, 11) is 0. The molecule has 2 aromatic rings. The largest absolute Gasteiger partial charge is 0.449 e. The molecule has 0 aromatic heterocycles. The smallest absolute Gasteiger partial charge is 0.305 e. The minimum Gasteiger partial charge on any atom is -0.449 e. The molecule has 2 nitrogen and oxygen atoms in total. The highest BCUT2D eigenvalue weighted by atomic mass is 127. The Hall–Kier alpha value is -1.49. The normalized spacial score (nSPS) is 16.8. The van der Waals surface area contributed by atoms with E-state index in [4.69, 9.17) is 9.47 Å². The Bertz CT molecular complexity index is 630. The number of hydrogen-bond acceptors (Lipinski definition) is 2. The minimum absolute atomic E-state index is 0. The van der Waals surface area contributed by atoms with Crippen molar-refractivity contribution in [3.8, 4) is 11.1 Å². The lowest BCUT2D eigenvalue weighted by Gasteiger charge is -2.25. The van der Waals surface area contributed by atoms with Crippen molar-refractivity contribution in [2.75, 3.05) is 0 Å². The highest BCUT2D eigenvalue weighted by Gasteiger charge is 2.49. The number of ether oxygens (including phenoxy) is 2. The van der Waals surface area contributed by atoms with Gasteiger partial charge in [-0.2, -0.15) is 0 Å². The average Bonchev–Trinajstić information content (AvgIpc) is 2.93. The molecule has 4 rings (SSSR count). The molecular weight excluding hydrogens is 351 g/mol. The molecule has 1 spiro atoms. The van der Waals surface area contributed by atoms with E-state index in [1.807, 2.05) is 31.2 Å². The number of rotatable bonds is 0. The second-order valence-electron chi connectivity index (χ2n) is 4.66. The van der Waals surface area contributed by atoms with Crippen molar-refractivity contribution in [1.82, 2.24) is 0 Å². The van der Waals surface area contributed by atoms with Gasteiger partial charge in [0.2, 0.25) is 0 Å². The molecular formula is C16H13IO2. The zero-order chi connectivity index (χ0) is 12.2. The molecule has 0 unspecified atom stereocenters. The van der Waals surface area contributed by atoms with E-state index in [0.717, 1.165) is 16.9 Å². The van der Waals surface area contributed by atoms with Gasteiger partial charge in [-0.25, -0.2) is 0 Å². The van der Waals surface area contributed by atoms with Crippen molar-refractivity contribution in [3.05, 3.63) is 71.7 Å². The zero-order valence-corrected chi connectivity index (χ0v) is 12.8. The molecule has 0 amide bonds. The van der Waals surface area contributed by atoms with Gasteiger partial charge >= 0.3 is 5.79 Å². The first-order chi connectivity index (χ1) is 8.81. The third-order valence-electron chi connectivity index (χ3n) is 3.55. The predicted octanol–water partition coefficient (Wildman–Crippen LogP) is 4.39. The third kappa shape index (κ3) is 1.54. The lowest BCUT2D eigenvalue weighted by molar-refractivity contribution is -0.116. The summed E-state index contributed by atoms with van der Waals surface area (Å²) in [6, 6.07) is 16.5. The molecule has 0 atom stereocenters. The van der Waals surface area contributed by atoms with Crippen molar-refractivity contribution < 1.29 is 9.47 Å². The van der Waals surface area contributed by atoms with Crippen LogP contribution in [-0.2, 0) is 15.3 Å². The Morgan fingerprint density at radius 1 is 0.842 bits per heavy atom. The van der Waals surface area contributed by atoms with E-state index in [1.165, 1.54) is 11.1 Å². The van der Waals surface area contributed by atoms with Gasteiger partial charge < -0.3 is 9.47 Å². The maximum absolute atomic E-state index is 6.00. The molecule has 1 aliphatic heterocycles. The van der Waals surface area contributed by atoms with Crippen LogP contribution < -0.4 is 0 Å². The molecule has 1 heterocycles. The molecule has 2 aliphatic rings. The van der Waals surface area contributed by atoms with Crippen LogP contribution in [0.15, 0.2) is 60.6 Å². The number of benzene rings is 2. The number of halogens is 1. The summed E-state index contributed by atoms with van der Waals surface area (Å²) in [5, 5.41) is 0. The second kappa shape index (κ2) is 4.27. The fraction of sp³-hybridized carbons (Fsp3) is 0.125. The summed E-state index contributed by atoms with van der Waals surface area (Å²) in [5.74, 6) is 0.0404. The Labute approximate surface area is 129 Å². The van der Waals surface area contributed by atoms with Crippen LogP contribution >= 0.6 is 24.0 Å². The predicted molar refractivity (Wildman–Crippen MR) is 84.0 cm³/mol. The fourth-order valence-electron chi connectivity index (χ4n) is 2.83. The molecule has 1 aliphatic carbocycles. The van der Waals surface area contributed by atoms with Crippen LogP contribution in [0.4, 0.5) is 0 Å². The fourth-order valence-corrected chi connectivity index (χ4v) is 2.83. The van der Waals surface area contributed by atoms with Crippen molar-refractivity contribution in [1.29, 1.82) is 0 Å². The highest BCUT2D eigenvalue weighted by Crippen LogP contribution is 2.53. The van der Waals surface area contributed by atoms with Crippen LogP contribution in [0.2, 0.25) is 0 Å². The summed E-state index contributed by atoms with van der Waals surface area (Å²) in [4.78, 5) is 0. The third-order valence-corrected chi connectivity index (χ3v) is 3.55. The molecule has 0 fully saturated rings. The summed E-state index contributed by atoms with van der Waals surface area (Å²) < 4.78 is 11.9. The van der Waals surface area contributed by atoms with Gasteiger partial charge in [-0.15, -0.1) is 24.0 Å². The van der Waals surface area contributed by atoms with Crippen molar-refractivity contribution in [2.24, 2.45) is 0 Å². The molecule has 2 aromatic carbocycles. The number of allylic oxidation sites excluding steroid dienone is 1. The first-order valence-corrected chi connectivity index (χ1v) is 6.04. The van der Waals surface area contributed by atoms with Crippen LogP contribution in [0.1, 0.15) is 18.1 Å². The van der Waals surface area contributed by atoms with E-state index in [9.17, 15) is 0 Å². The van der Waals surface area contributed by atoms with E-state index in [2.05, 4.69) is 24.3 Å². The molecule has 3 heteroatoms. The molecule has 96 valence electrons. The topological polar surface area (TPSA) is 18.5 Å². The van der Waals surface area contributed by atoms with Crippen molar-refractivity contribution >= 4 is 24.0 Å². The molecule has 0 saturated heterocycles. The lowest BCUT2D eigenvalue weighted by Crippen LogP contribution is -2.26. The first kappa shape index (κ1) is 12.5. The van der Waals surface area contributed by atoms with E-state index in [1.54, 1.807) is 6.26 Å². The zero-order valence-electron chi connectivity index (χ0n) is 10.4. The van der Waals surface area contributed by atoms with E-state index in [0.29, 0.717) is 0 Å². The second-order valence-corrected chi connectivity index (χ2v) is 4.66. The monoisotopic (exact) mass is 364 g/mol. The quantitative estimate of drug-likeness (QED) is 0.646. The van der Waals surface area contributed by atoms with Crippen LogP contribution in [0, 0.1) is 0 Å². The minimum atomic E-state index is -0.767. The molecule has 19 heavy (non-hydrogen) atoms. The summed E-state index contributed by atoms with van der Waals surface area (Å²) in [6.45, 7) is 1.91. The van der Waals surface area contributed by atoms with Gasteiger partial charge in [0, 0.05) is 11.1 Å². The Kier molecular flexibility index (Phi) is 2.82. The maximum Gasteiger partial charge on any atom is 0.305 e. The van der Waals surface area contributed by atoms with Crippen molar-refractivity contribution in [3.63, 3.8) is 0 Å². The van der Waals surface area contributed by atoms with Crippen LogP contribution in [0.25, 0.3) is 11.1 Å². The Morgan fingerprint density at radius 3 is 1.84 bits per heavy atom. The van der Waals surface area contributed by atoms with Gasteiger partial charge in [-0.3, -0.25) is 0 Å². The standard InChI is InChI=1S/C16H12O2.HI/c1-11-10-17-16(18-11)14-8-4-2-6-12(14)13-7-3-5-9-15(13)16;/h2-10H,1H3;1H. The molecule has 0 radical (unpaired) electrons. The van der Waals surface area contributed by atoms with Gasteiger partial charge in [0.1, 0.15) is 12.0 Å². The van der Waals surface area contributed by atoms with E-state index in [-0.39, 0.29) is 24.0 Å². The highest BCUT2D eigenvalue weighted by molar-refractivity contribution is 14.0. The van der Waals surface area contributed by atoms with E-state index >= 15 is 0 Å². The molecule has 0 saturated carbocycles. The Balaban J connectivity index is 0.00000110. The SMILES string of the molecule is CC1=COC2(O1)c1ccccc1-c1ccccc12.I. The molecule has 0 bridgehead atoms. The van der Waals surface area contributed by atoms with Crippen LogP contribution in [0.5, 0.6) is 0 Å². The number of fused-ring (bicyclic) bond motifs is 5. The summed E-state index contributed by atoms with van der Waals surface area (Å²) in [5.41, 5.74) is 4.55. The van der Waals surface area contributed by atoms with E-state index < -0.39 is 5.79 Å². The van der Waals surface area contributed by atoms with Gasteiger partial charge in [0.25, 0.3) is 0 Å². The van der Waals surface area contributed by atoms with Crippen molar-refractivity contribution in [2.45, 2.75) is 12.7 Å². The van der Waals surface area contributed by atoms with Gasteiger partial charge in [-0.1, -0.05) is 48.5 Å². The molecule has 0 N–H and O–H groups in total.